The summed E-state index contributed by atoms with van der Waals surface area (Å²) in [6, 6.07) is 13.4. The van der Waals surface area contributed by atoms with Gasteiger partial charge in [-0.05, 0) is 19.1 Å². The predicted octanol–water partition coefficient (Wildman–Crippen LogP) is 2.93. The first-order valence-electron chi connectivity index (χ1n) is 7.91. The van der Waals surface area contributed by atoms with Crippen LogP contribution in [0.2, 0.25) is 0 Å². The number of aromatic nitrogens is 2. The molecule has 24 heavy (non-hydrogen) atoms. The minimum absolute atomic E-state index is 0.0438. The summed E-state index contributed by atoms with van der Waals surface area (Å²) in [5.74, 6) is 2.71. The molecule has 6 nitrogen and oxygen atoms in total. The number of benzene rings is 1. The molecule has 0 saturated carbocycles. The molecule has 1 aromatic carbocycles. The topological polar surface area (TPSA) is 81.2 Å². The third kappa shape index (κ3) is 4.32. The Labute approximate surface area is 139 Å². The van der Waals surface area contributed by atoms with E-state index in [9.17, 15) is 4.79 Å². The minimum atomic E-state index is -0.0438. The zero-order valence-corrected chi connectivity index (χ0v) is 13.5. The molecule has 2 aromatic heterocycles. The highest BCUT2D eigenvalue weighted by Crippen LogP contribution is 2.15. The first-order chi connectivity index (χ1) is 11.7. The van der Waals surface area contributed by atoms with Crippen molar-refractivity contribution in [2.24, 2.45) is 0 Å². The predicted molar refractivity (Wildman–Crippen MR) is 88.2 cm³/mol. The van der Waals surface area contributed by atoms with Crippen molar-refractivity contribution >= 4 is 5.91 Å². The van der Waals surface area contributed by atoms with Gasteiger partial charge in [-0.2, -0.15) is 4.98 Å². The van der Waals surface area contributed by atoms with Gasteiger partial charge in [0.15, 0.2) is 0 Å². The van der Waals surface area contributed by atoms with Gasteiger partial charge in [-0.3, -0.25) is 4.79 Å². The Bertz CT molecular complexity index is 793. The van der Waals surface area contributed by atoms with Crippen LogP contribution in [-0.4, -0.2) is 22.6 Å². The van der Waals surface area contributed by atoms with Crippen LogP contribution in [-0.2, 0) is 17.6 Å². The number of rotatable bonds is 7. The molecule has 6 heteroatoms. The van der Waals surface area contributed by atoms with E-state index in [0.29, 0.717) is 37.5 Å². The quantitative estimate of drug-likeness (QED) is 0.722. The van der Waals surface area contributed by atoms with E-state index in [1.54, 1.807) is 0 Å². The van der Waals surface area contributed by atoms with Gasteiger partial charge in [-0.1, -0.05) is 35.5 Å². The van der Waals surface area contributed by atoms with Crippen LogP contribution in [0.25, 0.3) is 11.4 Å². The Morgan fingerprint density at radius 1 is 1.12 bits per heavy atom. The second kappa shape index (κ2) is 7.59. The average Bonchev–Trinajstić information content (AvgIpc) is 3.23. The van der Waals surface area contributed by atoms with Crippen LogP contribution < -0.4 is 5.32 Å². The summed E-state index contributed by atoms with van der Waals surface area (Å²) in [7, 11) is 0. The first kappa shape index (κ1) is 16.0. The van der Waals surface area contributed by atoms with Crippen LogP contribution in [0.4, 0.5) is 0 Å². The molecule has 3 aromatic rings. The van der Waals surface area contributed by atoms with Crippen LogP contribution in [0.15, 0.2) is 51.4 Å². The molecule has 0 aliphatic carbocycles. The van der Waals surface area contributed by atoms with E-state index < -0.39 is 0 Å². The van der Waals surface area contributed by atoms with Gasteiger partial charge in [0.05, 0.1) is 0 Å². The maximum Gasteiger partial charge on any atom is 0.227 e. The summed E-state index contributed by atoms with van der Waals surface area (Å²) < 4.78 is 10.6. The Morgan fingerprint density at radius 2 is 1.96 bits per heavy atom. The van der Waals surface area contributed by atoms with Crippen molar-refractivity contribution in [2.75, 3.05) is 6.54 Å². The highest BCUT2D eigenvalue weighted by Gasteiger charge is 2.10. The fraction of sp³-hybridized carbons (Fsp3) is 0.278. The standard InChI is InChI=1S/C18H19N3O3/c1-13-7-8-15(23-13)11-12-19-16(22)9-10-17-20-18(21-24-17)14-5-3-2-4-6-14/h2-8H,9-12H2,1H3,(H,19,22). The van der Waals surface area contributed by atoms with E-state index in [1.807, 2.05) is 49.4 Å². The molecule has 1 amide bonds. The van der Waals surface area contributed by atoms with Crippen molar-refractivity contribution in [3.63, 3.8) is 0 Å². The number of furan rings is 1. The highest BCUT2D eigenvalue weighted by molar-refractivity contribution is 5.76. The Hall–Kier alpha value is -2.89. The molecule has 0 aliphatic rings. The molecule has 0 bridgehead atoms. The second-order valence-corrected chi connectivity index (χ2v) is 5.49. The zero-order chi connectivity index (χ0) is 16.8. The lowest BCUT2D eigenvalue weighted by molar-refractivity contribution is -0.121. The Kier molecular flexibility index (Phi) is 5.05. The Balaban J connectivity index is 1.42. The number of hydrogen-bond acceptors (Lipinski definition) is 5. The summed E-state index contributed by atoms with van der Waals surface area (Å²) in [5.41, 5.74) is 0.894. The summed E-state index contributed by atoms with van der Waals surface area (Å²) in [5, 5.41) is 6.80. The van der Waals surface area contributed by atoms with Crippen LogP contribution in [0.1, 0.15) is 23.8 Å². The molecular formula is C18H19N3O3. The lowest BCUT2D eigenvalue weighted by Gasteiger charge is -2.02. The summed E-state index contributed by atoms with van der Waals surface area (Å²) >= 11 is 0. The molecule has 0 atom stereocenters. The van der Waals surface area contributed by atoms with Gasteiger partial charge in [0, 0.05) is 31.4 Å². The molecule has 1 N–H and O–H groups in total. The van der Waals surface area contributed by atoms with Gasteiger partial charge >= 0.3 is 0 Å². The molecule has 124 valence electrons. The van der Waals surface area contributed by atoms with E-state index in [1.165, 1.54) is 0 Å². The van der Waals surface area contributed by atoms with E-state index in [-0.39, 0.29) is 5.91 Å². The number of carbonyl (C=O) groups excluding carboxylic acids is 1. The molecule has 2 heterocycles. The molecule has 0 aliphatic heterocycles. The van der Waals surface area contributed by atoms with Crippen molar-refractivity contribution in [1.29, 1.82) is 0 Å². The van der Waals surface area contributed by atoms with Crippen molar-refractivity contribution in [3.8, 4) is 11.4 Å². The van der Waals surface area contributed by atoms with Gasteiger partial charge in [-0.15, -0.1) is 0 Å². The lowest BCUT2D eigenvalue weighted by Crippen LogP contribution is -2.25. The monoisotopic (exact) mass is 325 g/mol. The van der Waals surface area contributed by atoms with E-state index >= 15 is 0 Å². The van der Waals surface area contributed by atoms with Crippen LogP contribution >= 0.6 is 0 Å². The van der Waals surface area contributed by atoms with Gasteiger partial charge in [0.2, 0.25) is 17.6 Å². The first-order valence-corrected chi connectivity index (χ1v) is 7.91. The highest BCUT2D eigenvalue weighted by atomic mass is 16.5. The van der Waals surface area contributed by atoms with Gasteiger partial charge in [-0.25, -0.2) is 0 Å². The van der Waals surface area contributed by atoms with Crippen LogP contribution in [0.3, 0.4) is 0 Å². The lowest BCUT2D eigenvalue weighted by atomic mass is 10.2. The fourth-order valence-corrected chi connectivity index (χ4v) is 2.31. The number of amides is 1. The van der Waals surface area contributed by atoms with Gasteiger partial charge in [0.1, 0.15) is 11.5 Å². The SMILES string of the molecule is Cc1ccc(CCNC(=O)CCc2nc(-c3ccccc3)no2)o1. The Morgan fingerprint density at radius 3 is 2.71 bits per heavy atom. The van der Waals surface area contributed by atoms with E-state index in [0.717, 1.165) is 17.1 Å². The molecule has 0 radical (unpaired) electrons. The van der Waals surface area contributed by atoms with Crippen molar-refractivity contribution in [3.05, 3.63) is 59.9 Å². The fourth-order valence-electron chi connectivity index (χ4n) is 2.31. The summed E-state index contributed by atoms with van der Waals surface area (Å²) in [4.78, 5) is 16.2. The van der Waals surface area contributed by atoms with E-state index in [2.05, 4.69) is 15.5 Å². The molecular weight excluding hydrogens is 306 g/mol. The molecule has 0 unspecified atom stereocenters. The summed E-state index contributed by atoms with van der Waals surface area (Å²) in [6.45, 7) is 2.45. The average molecular weight is 325 g/mol. The number of aryl methyl sites for hydroxylation is 2. The number of carbonyl (C=O) groups is 1. The zero-order valence-electron chi connectivity index (χ0n) is 13.5. The van der Waals surface area contributed by atoms with Crippen molar-refractivity contribution in [1.82, 2.24) is 15.5 Å². The number of nitrogens with one attached hydrogen (secondary N) is 1. The third-order valence-electron chi connectivity index (χ3n) is 3.56. The molecule has 3 rings (SSSR count). The summed E-state index contributed by atoms with van der Waals surface area (Å²) in [6.07, 6.45) is 1.41. The number of nitrogens with zero attached hydrogens (tertiary/aromatic N) is 2. The van der Waals surface area contributed by atoms with Gasteiger partial charge < -0.3 is 14.3 Å². The smallest absolute Gasteiger partial charge is 0.227 e. The number of hydrogen-bond donors (Lipinski definition) is 1. The third-order valence-corrected chi connectivity index (χ3v) is 3.56. The molecule has 0 spiro atoms. The van der Waals surface area contributed by atoms with Crippen molar-refractivity contribution < 1.29 is 13.7 Å². The van der Waals surface area contributed by atoms with E-state index in [4.69, 9.17) is 8.94 Å². The van der Waals surface area contributed by atoms with Crippen molar-refractivity contribution in [2.45, 2.75) is 26.2 Å². The molecule has 0 saturated heterocycles. The minimum Gasteiger partial charge on any atom is -0.466 e. The second-order valence-electron chi connectivity index (χ2n) is 5.49. The normalized spacial score (nSPS) is 10.7. The van der Waals surface area contributed by atoms with Crippen LogP contribution in [0.5, 0.6) is 0 Å². The van der Waals surface area contributed by atoms with Crippen LogP contribution in [0, 0.1) is 6.92 Å². The van der Waals surface area contributed by atoms with Gasteiger partial charge in [0.25, 0.3) is 0 Å². The maximum absolute atomic E-state index is 11.9. The largest absolute Gasteiger partial charge is 0.466 e. The molecule has 0 fully saturated rings. The maximum atomic E-state index is 11.9.